The van der Waals surface area contributed by atoms with Gasteiger partial charge in [-0.1, -0.05) is 15.9 Å². The summed E-state index contributed by atoms with van der Waals surface area (Å²) >= 11 is 3.20. The van der Waals surface area contributed by atoms with Crippen LogP contribution in [-0.4, -0.2) is 30.1 Å². The van der Waals surface area contributed by atoms with Crippen LogP contribution in [0.3, 0.4) is 0 Å². The van der Waals surface area contributed by atoms with Crippen molar-refractivity contribution in [1.82, 2.24) is 5.32 Å². The predicted molar refractivity (Wildman–Crippen MR) is 66.1 cm³/mol. The number of rotatable bonds is 3. The summed E-state index contributed by atoms with van der Waals surface area (Å²) in [5, 5.41) is 14.7. The summed E-state index contributed by atoms with van der Waals surface area (Å²) in [5.74, 6) is -1.28. The SMILES string of the molecule is O=C(O)c1cc(Br)ccc1NC(=O)C1CNC1. The predicted octanol–water partition coefficient (Wildman–Crippen LogP) is 1.31. The third-order valence-corrected chi connectivity index (χ3v) is 3.12. The lowest BCUT2D eigenvalue weighted by atomic mass is 10.0. The largest absolute Gasteiger partial charge is 0.478 e. The molecule has 1 fully saturated rings. The second-order valence-electron chi connectivity index (χ2n) is 3.84. The van der Waals surface area contributed by atoms with Gasteiger partial charge in [0.2, 0.25) is 5.91 Å². The summed E-state index contributed by atoms with van der Waals surface area (Å²) in [7, 11) is 0. The number of hydrogen-bond acceptors (Lipinski definition) is 3. The second-order valence-corrected chi connectivity index (χ2v) is 4.76. The average molecular weight is 299 g/mol. The highest BCUT2D eigenvalue weighted by Gasteiger charge is 2.25. The van der Waals surface area contributed by atoms with Gasteiger partial charge in [-0.2, -0.15) is 0 Å². The molecule has 1 aromatic rings. The number of benzene rings is 1. The summed E-state index contributed by atoms with van der Waals surface area (Å²) in [6.07, 6.45) is 0. The Bertz CT molecular complexity index is 472. The number of aromatic carboxylic acids is 1. The van der Waals surface area contributed by atoms with Crippen LogP contribution >= 0.6 is 15.9 Å². The zero-order chi connectivity index (χ0) is 12.4. The lowest BCUT2D eigenvalue weighted by Gasteiger charge is -2.26. The van der Waals surface area contributed by atoms with E-state index in [-0.39, 0.29) is 17.4 Å². The Morgan fingerprint density at radius 3 is 2.65 bits per heavy atom. The highest BCUT2D eigenvalue weighted by atomic mass is 79.9. The van der Waals surface area contributed by atoms with E-state index in [9.17, 15) is 9.59 Å². The van der Waals surface area contributed by atoms with E-state index < -0.39 is 5.97 Å². The molecule has 0 radical (unpaired) electrons. The van der Waals surface area contributed by atoms with E-state index in [0.29, 0.717) is 23.2 Å². The van der Waals surface area contributed by atoms with Crippen LogP contribution in [0, 0.1) is 5.92 Å². The molecule has 1 aliphatic heterocycles. The summed E-state index contributed by atoms with van der Waals surface area (Å²) in [6.45, 7) is 1.29. The zero-order valence-electron chi connectivity index (χ0n) is 8.87. The molecule has 0 unspecified atom stereocenters. The summed E-state index contributed by atoms with van der Waals surface area (Å²) in [4.78, 5) is 22.7. The van der Waals surface area contributed by atoms with Crippen molar-refractivity contribution in [2.45, 2.75) is 0 Å². The van der Waals surface area contributed by atoms with Crippen LogP contribution in [0.2, 0.25) is 0 Å². The zero-order valence-corrected chi connectivity index (χ0v) is 10.5. The van der Waals surface area contributed by atoms with Crippen LogP contribution in [0.1, 0.15) is 10.4 Å². The topological polar surface area (TPSA) is 78.4 Å². The van der Waals surface area contributed by atoms with Gasteiger partial charge in [0.1, 0.15) is 0 Å². The van der Waals surface area contributed by atoms with E-state index >= 15 is 0 Å². The molecule has 1 heterocycles. The first-order chi connectivity index (χ1) is 8.08. The van der Waals surface area contributed by atoms with Crippen molar-refractivity contribution < 1.29 is 14.7 Å². The second kappa shape index (κ2) is 4.85. The maximum Gasteiger partial charge on any atom is 0.337 e. The number of amides is 1. The summed E-state index contributed by atoms with van der Waals surface area (Å²) in [6, 6.07) is 4.75. The van der Waals surface area contributed by atoms with Gasteiger partial charge >= 0.3 is 5.97 Å². The van der Waals surface area contributed by atoms with Gasteiger partial charge < -0.3 is 15.7 Å². The average Bonchev–Trinajstić information content (AvgIpc) is 2.17. The van der Waals surface area contributed by atoms with Crippen molar-refractivity contribution in [2.24, 2.45) is 5.92 Å². The first-order valence-electron chi connectivity index (χ1n) is 5.12. The summed E-state index contributed by atoms with van der Waals surface area (Å²) < 4.78 is 0.665. The number of carbonyl (C=O) groups is 2. The monoisotopic (exact) mass is 298 g/mol. The minimum absolute atomic E-state index is 0.0692. The maximum absolute atomic E-state index is 11.7. The van der Waals surface area contributed by atoms with Gasteiger partial charge in [-0.05, 0) is 18.2 Å². The van der Waals surface area contributed by atoms with Crippen LogP contribution in [0.4, 0.5) is 5.69 Å². The first kappa shape index (κ1) is 12.1. The molecule has 0 bridgehead atoms. The minimum Gasteiger partial charge on any atom is -0.478 e. The van der Waals surface area contributed by atoms with E-state index in [1.54, 1.807) is 12.1 Å². The van der Waals surface area contributed by atoms with Gasteiger partial charge in [0.25, 0.3) is 0 Å². The molecular weight excluding hydrogens is 288 g/mol. The van der Waals surface area contributed by atoms with Gasteiger partial charge in [-0.15, -0.1) is 0 Å². The van der Waals surface area contributed by atoms with Crippen molar-refractivity contribution in [3.63, 3.8) is 0 Å². The number of halogens is 1. The fraction of sp³-hybridized carbons (Fsp3) is 0.273. The number of carboxylic acids is 1. The van der Waals surface area contributed by atoms with Crippen LogP contribution in [0.15, 0.2) is 22.7 Å². The van der Waals surface area contributed by atoms with Crippen molar-refractivity contribution in [3.8, 4) is 0 Å². The Kier molecular flexibility index (Phi) is 3.44. The van der Waals surface area contributed by atoms with E-state index in [4.69, 9.17) is 5.11 Å². The van der Waals surface area contributed by atoms with Gasteiger partial charge in [0, 0.05) is 17.6 Å². The molecule has 0 saturated carbocycles. The molecule has 0 spiro atoms. The standard InChI is InChI=1S/C11H11BrN2O3/c12-7-1-2-9(8(3-7)11(16)17)14-10(15)6-4-13-5-6/h1-3,6,13H,4-5H2,(H,14,15)(H,16,17). The molecule has 0 aromatic heterocycles. The van der Waals surface area contributed by atoms with Crippen LogP contribution in [0.25, 0.3) is 0 Å². The molecule has 3 N–H and O–H groups in total. The molecule has 1 saturated heterocycles. The molecular formula is C11H11BrN2O3. The van der Waals surface area contributed by atoms with Crippen molar-refractivity contribution in [1.29, 1.82) is 0 Å². The number of anilines is 1. The molecule has 2 rings (SSSR count). The molecule has 5 nitrogen and oxygen atoms in total. The van der Waals surface area contributed by atoms with Crippen molar-refractivity contribution >= 4 is 33.5 Å². The normalized spacial score (nSPS) is 15.1. The number of carbonyl (C=O) groups excluding carboxylic acids is 1. The molecule has 1 aromatic carbocycles. The molecule has 17 heavy (non-hydrogen) atoms. The Balaban J connectivity index is 2.19. The smallest absolute Gasteiger partial charge is 0.337 e. The molecule has 90 valence electrons. The Morgan fingerprint density at radius 1 is 1.41 bits per heavy atom. The van der Waals surface area contributed by atoms with Gasteiger partial charge in [-0.3, -0.25) is 4.79 Å². The molecule has 1 aliphatic rings. The Labute approximate surface area is 106 Å². The Morgan fingerprint density at radius 2 is 2.12 bits per heavy atom. The van der Waals surface area contributed by atoms with Crippen LogP contribution < -0.4 is 10.6 Å². The molecule has 6 heteroatoms. The highest BCUT2D eigenvalue weighted by molar-refractivity contribution is 9.10. The number of carboxylic acid groups (broad SMARTS) is 1. The van der Waals surface area contributed by atoms with E-state index in [1.807, 2.05) is 0 Å². The number of hydrogen-bond donors (Lipinski definition) is 3. The molecule has 1 amide bonds. The van der Waals surface area contributed by atoms with Gasteiger partial charge in [-0.25, -0.2) is 4.79 Å². The molecule has 0 aliphatic carbocycles. The van der Waals surface area contributed by atoms with Crippen LogP contribution in [-0.2, 0) is 4.79 Å². The first-order valence-corrected chi connectivity index (χ1v) is 5.91. The molecule has 0 atom stereocenters. The van der Waals surface area contributed by atoms with Crippen molar-refractivity contribution in [3.05, 3.63) is 28.2 Å². The maximum atomic E-state index is 11.7. The van der Waals surface area contributed by atoms with Gasteiger partial charge in [0.05, 0.1) is 17.2 Å². The third kappa shape index (κ3) is 2.65. The minimum atomic E-state index is -1.06. The van der Waals surface area contributed by atoms with Crippen molar-refractivity contribution in [2.75, 3.05) is 18.4 Å². The van der Waals surface area contributed by atoms with Gasteiger partial charge in [0.15, 0.2) is 0 Å². The highest BCUT2D eigenvalue weighted by Crippen LogP contribution is 2.22. The lowest BCUT2D eigenvalue weighted by molar-refractivity contribution is -0.121. The van der Waals surface area contributed by atoms with E-state index in [0.717, 1.165) is 0 Å². The lowest BCUT2D eigenvalue weighted by Crippen LogP contribution is -2.48. The van der Waals surface area contributed by atoms with E-state index in [2.05, 4.69) is 26.6 Å². The van der Waals surface area contributed by atoms with Crippen LogP contribution in [0.5, 0.6) is 0 Å². The quantitative estimate of drug-likeness (QED) is 0.786. The summed E-state index contributed by atoms with van der Waals surface area (Å²) in [5.41, 5.74) is 0.414. The fourth-order valence-corrected chi connectivity index (χ4v) is 1.87. The number of nitrogens with one attached hydrogen (secondary N) is 2. The fourth-order valence-electron chi connectivity index (χ4n) is 1.51. The van der Waals surface area contributed by atoms with E-state index in [1.165, 1.54) is 6.07 Å². The third-order valence-electron chi connectivity index (χ3n) is 2.62. The Hall–Kier alpha value is -1.40.